The lowest BCUT2D eigenvalue weighted by Crippen LogP contribution is -2.46. The normalized spacial score (nSPS) is 15.7. The van der Waals surface area contributed by atoms with Crippen molar-refractivity contribution >= 4 is 11.6 Å². The molecule has 0 N–H and O–H groups in total. The molecule has 3 rings (SSSR count). The maximum absolute atomic E-state index is 12.6. The first kappa shape index (κ1) is 16.8. The molecule has 5 heteroatoms. The molecule has 0 fully saturated rings. The second-order valence-corrected chi connectivity index (χ2v) is 6.12. The highest BCUT2D eigenvalue weighted by molar-refractivity contribution is 5.94. The van der Waals surface area contributed by atoms with Crippen LogP contribution in [0.4, 0.5) is 5.69 Å². The highest BCUT2D eigenvalue weighted by atomic mass is 16.5. The second kappa shape index (κ2) is 7.27. The van der Waals surface area contributed by atoms with Gasteiger partial charge in [0.15, 0.2) is 0 Å². The minimum atomic E-state index is -0.109. The molecule has 1 amide bonds. The Morgan fingerprint density at radius 1 is 1.32 bits per heavy atom. The Bertz CT molecular complexity index is 813. The molecule has 2 aromatic rings. The maximum Gasteiger partial charge on any atom is 0.253 e. The van der Waals surface area contributed by atoms with Crippen molar-refractivity contribution in [2.75, 3.05) is 31.6 Å². The zero-order valence-electron chi connectivity index (χ0n) is 14.5. The third kappa shape index (κ3) is 3.58. The van der Waals surface area contributed by atoms with E-state index in [1.807, 2.05) is 18.2 Å². The summed E-state index contributed by atoms with van der Waals surface area (Å²) in [6.07, 6.45) is -0.0945. The molecule has 1 heterocycles. The Labute approximate surface area is 148 Å². The molecule has 1 atom stereocenters. The third-order valence-electron chi connectivity index (χ3n) is 4.37. The van der Waals surface area contributed by atoms with Crippen LogP contribution in [0, 0.1) is 11.3 Å². The molecule has 128 valence electrons. The Morgan fingerprint density at radius 2 is 2.12 bits per heavy atom. The number of hydrogen-bond acceptors (Lipinski definition) is 4. The molecule has 0 saturated heterocycles. The van der Waals surface area contributed by atoms with Crippen molar-refractivity contribution in [2.45, 2.75) is 13.0 Å². The molecule has 5 nitrogen and oxygen atoms in total. The van der Waals surface area contributed by atoms with E-state index in [1.165, 1.54) is 0 Å². The fourth-order valence-electron chi connectivity index (χ4n) is 3.10. The highest BCUT2D eigenvalue weighted by Crippen LogP contribution is 2.32. The molecule has 0 saturated carbocycles. The van der Waals surface area contributed by atoms with Gasteiger partial charge in [-0.2, -0.15) is 5.26 Å². The van der Waals surface area contributed by atoms with Gasteiger partial charge in [-0.15, -0.1) is 0 Å². The van der Waals surface area contributed by atoms with E-state index in [9.17, 15) is 4.79 Å². The van der Waals surface area contributed by atoms with Gasteiger partial charge in [0.2, 0.25) is 0 Å². The van der Waals surface area contributed by atoms with Crippen LogP contribution in [0.15, 0.2) is 48.5 Å². The topological polar surface area (TPSA) is 56.6 Å². The number of anilines is 1. The van der Waals surface area contributed by atoms with Gasteiger partial charge in [-0.25, -0.2) is 0 Å². The van der Waals surface area contributed by atoms with E-state index in [0.29, 0.717) is 17.7 Å². The van der Waals surface area contributed by atoms with Gasteiger partial charge in [0.05, 0.1) is 30.4 Å². The molecule has 1 aliphatic rings. The first-order valence-electron chi connectivity index (χ1n) is 8.38. The van der Waals surface area contributed by atoms with E-state index in [0.717, 1.165) is 24.5 Å². The highest BCUT2D eigenvalue weighted by Gasteiger charge is 2.27. The van der Waals surface area contributed by atoms with E-state index in [4.69, 9.17) is 10.00 Å². The first-order chi connectivity index (χ1) is 12.1. The van der Waals surface area contributed by atoms with Crippen molar-refractivity contribution < 1.29 is 9.53 Å². The lowest BCUT2D eigenvalue weighted by atomic mass is 10.1. The first-order valence-corrected chi connectivity index (χ1v) is 8.38. The molecule has 0 bridgehead atoms. The number of fused-ring (bicyclic) bond motifs is 1. The van der Waals surface area contributed by atoms with Gasteiger partial charge in [0.25, 0.3) is 5.91 Å². The quantitative estimate of drug-likeness (QED) is 0.862. The van der Waals surface area contributed by atoms with Crippen molar-refractivity contribution in [3.63, 3.8) is 0 Å². The van der Waals surface area contributed by atoms with Crippen molar-refractivity contribution in [3.05, 3.63) is 59.7 Å². The summed E-state index contributed by atoms with van der Waals surface area (Å²) in [4.78, 5) is 16.5. The Kier molecular flexibility index (Phi) is 4.90. The van der Waals surface area contributed by atoms with Gasteiger partial charge in [-0.1, -0.05) is 18.2 Å². The number of nitrogens with zero attached hydrogens (tertiary/aromatic N) is 3. The summed E-state index contributed by atoms with van der Waals surface area (Å²) in [5.74, 6) is 0.746. The number of nitriles is 1. The Hall–Kier alpha value is -3.00. The van der Waals surface area contributed by atoms with Crippen LogP contribution in [0.25, 0.3) is 0 Å². The zero-order valence-corrected chi connectivity index (χ0v) is 14.5. The van der Waals surface area contributed by atoms with Gasteiger partial charge in [0, 0.05) is 19.2 Å². The summed E-state index contributed by atoms with van der Waals surface area (Å²) in [7, 11) is 1.77. The summed E-state index contributed by atoms with van der Waals surface area (Å²) in [6.45, 7) is 4.23. The van der Waals surface area contributed by atoms with Crippen molar-refractivity contribution in [2.24, 2.45) is 0 Å². The lowest BCUT2D eigenvalue weighted by Gasteiger charge is -2.37. The number of carbonyl (C=O) groups excluding carboxylic acids is 1. The van der Waals surface area contributed by atoms with Crippen molar-refractivity contribution in [1.29, 1.82) is 5.26 Å². The molecule has 0 unspecified atom stereocenters. The number of amides is 1. The number of carbonyl (C=O) groups is 1. The Balaban J connectivity index is 1.72. The van der Waals surface area contributed by atoms with Crippen LogP contribution in [-0.2, 0) is 0 Å². The summed E-state index contributed by atoms with van der Waals surface area (Å²) in [5, 5.41) is 8.99. The van der Waals surface area contributed by atoms with Crippen LogP contribution in [0.3, 0.4) is 0 Å². The second-order valence-electron chi connectivity index (χ2n) is 6.12. The largest absolute Gasteiger partial charge is 0.485 e. The molecular weight excluding hydrogens is 314 g/mol. The average Bonchev–Trinajstić information content (AvgIpc) is 2.66. The van der Waals surface area contributed by atoms with Gasteiger partial charge in [-0.05, 0) is 37.3 Å². The summed E-state index contributed by atoms with van der Waals surface area (Å²) < 4.78 is 6.08. The standard InChI is InChI=1S/C20H21N3O2/c1-3-23-14-17(25-19-10-5-4-9-18(19)23)13-22(2)20(24)16-8-6-7-15(11-16)12-21/h4-11,17H,3,13-14H2,1-2H3/t17-/m0/s1. The van der Waals surface area contributed by atoms with Crippen LogP contribution >= 0.6 is 0 Å². The molecule has 0 aliphatic carbocycles. The molecular formula is C20H21N3O2. The van der Waals surface area contributed by atoms with E-state index >= 15 is 0 Å². The van der Waals surface area contributed by atoms with Gasteiger partial charge in [0.1, 0.15) is 11.9 Å². The predicted octanol–water partition coefficient (Wildman–Crippen LogP) is 2.92. The van der Waals surface area contributed by atoms with E-state index in [1.54, 1.807) is 36.2 Å². The summed E-state index contributed by atoms with van der Waals surface area (Å²) in [6, 6.07) is 16.8. The summed E-state index contributed by atoms with van der Waals surface area (Å²) in [5.41, 5.74) is 2.10. The fourth-order valence-corrected chi connectivity index (χ4v) is 3.10. The number of likely N-dealkylation sites (N-methyl/N-ethyl adjacent to an activating group) is 2. The van der Waals surface area contributed by atoms with E-state index < -0.39 is 0 Å². The van der Waals surface area contributed by atoms with Crippen molar-refractivity contribution in [1.82, 2.24) is 4.90 Å². The van der Waals surface area contributed by atoms with Crippen LogP contribution in [0.5, 0.6) is 5.75 Å². The molecule has 0 radical (unpaired) electrons. The smallest absolute Gasteiger partial charge is 0.253 e. The molecule has 0 aromatic heterocycles. The summed E-state index contributed by atoms with van der Waals surface area (Å²) >= 11 is 0. The van der Waals surface area contributed by atoms with E-state index in [-0.39, 0.29) is 12.0 Å². The number of rotatable bonds is 4. The van der Waals surface area contributed by atoms with Crippen LogP contribution in [0.2, 0.25) is 0 Å². The van der Waals surface area contributed by atoms with E-state index in [2.05, 4.69) is 24.0 Å². The predicted molar refractivity (Wildman–Crippen MR) is 96.9 cm³/mol. The van der Waals surface area contributed by atoms with Crippen molar-refractivity contribution in [3.8, 4) is 11.8 Å². The number of benzene rings is 2. The molecule has 2 aromatic carbocycles. The molecule has 0 spiro atoms. The van der Waals surface area contributed by atoms with Gasteiger partial charge >= 0.3 is 0 Å². The molecule has 1 aliphatic heterocycles. The zero-order chi connectivity index (χ0) is 17.8. The third-order valence-corrected chi connectivity index (χ3v) is 4.37. The number of hydrogen-bond donors (Lipinski definition) is 0. The van der Waals surface area contributed by atoms with Crippen LogP contribution in [0.1, 0.15) is 22.8 Å². The SMILES string of the molecule is CCN1C[C@H](CN(C)C(=O)c2cccc(C#N)c2)Oc2ccccc21. The van der Waals surface area contributed by atoms with Crippen LogP contribution in [-0.4, -0.2) is 43.6 Å². The average molecular weight is 335 g/mol. The van der Waals surface area contributed by atoms with Crippen LogP contribution < -0.4 is 9.64 Å². The minimum Gasteiger partial charge on any atom is -0.485 e. The fraction of sp³-hybridized carbons (Fsp3) is 0.300. The van der Waals surface area contributed by atoms with Gasteiger partial charge < -0.3 is 14.5 Å². The lowest BCUT2D eigenvalue weighted by molar-refractivity contribution is 0.0709. The van der Waals surface area contributed by atoms with Gasteiger partial charge in [-0.3, -0.25) is 4.79 Å². The number of para-hydroxylation sites is 2. The Morgan fingerprint density at radius 3 is 2.88 bits per heavy atom. The minimum absolute atomic E-state index is 0.0945. The molecule has 25 heavy (non-hydrogen) atoms. The number of ether oxygens (including phenoxy) is 1. The maximum atomic E-state index is 12.6. The monoisotopic (exact) mass is 335 g/mol.